The number of aliphatic hydroxyl groups excluding tert-OH is 1. The summed E-state index contributed by atoms with van der Waals surface area (Å²) in [5.41, 5.74) is 0.807. The van der Waals surface area contributed by atoms with E-state index in [1.165, 1.54) is 5.48 Å². The zero-order valence-electron chi connectivity index (χ0n) is 13.1. The van der Waals surface area contributed by atoms with Gasteiger partial charge in [0, 0.05) is 17.4 Å². The van der Waals surface area contributed by atoms with Gasteiger partial charge in [-0.05, 0) is 11.1 Å². The Labute approximate surface area is 143 Å². The van der Waals surface area contributed by atoms with Crippen molar-refractivity contribution in [3.05, 3.63) is 77.4 Å². The lowest BCUT2D eigenvalue weighted by atomic mass is 10.0. The number of hydrogen-bond donors (Lipinski definition) is 3. The van der Waals surface area contributed by atoms with E-state index in [9.17, 15) is 9.90 Å². The molecule has 1 aliphatic carbocycles. The fraction of sp³-hybridized carbons (Fsp3) is 0.158. The zero-order valence-corrected chi connectivity index (χ0v) is 13.1. The van der Waals surface area contributed by atoms with Crippen molar-refractivity contribution >= 4 is 11.7 Å². The minimum Gasteiger partial charge on any atom is -0.507 e. The number of benzene rings is 2. The number of alkyl halides is 1. The molecule has 1 aliphatic rings. The van der Waals surface area contributed by atoms with Gasteiger partial charge in [0.15, 0.2) is 0 Å². The normalized spacial score (nSPS) is 25.1. The van der Waals surface area contributed by atoms with Crippen LogP contribution in [-0.2, 0) is 4.79 Å². The molecular formula is C19H15FN2O3. The van der Waals surface area contributed by atoms with Crippen LogP contribution in [0.4, 0.5) is 4.39 Å². The summed E-state index contributed by atoms with van der Waals surface area (Å²) in [7, 11) is 0. The van der Waals surface area contributed by atoms with Gasteiger partial charge in [-0.3, -0.25) is 10.0 Å². The van der Waals surface area contributed by atoms with Crippen LogP contribution in [0.1, 0.15) is 28.5 Å². The Bertz CT molecular complexity index is 858. The minimum atomic E-state index is -2.25. The van der Waals surface area contributed by atoms with Crippen LogP contribution in [0.15, 0.2) is 60.7 Å². The van der Waals surface area contributed by atoms with Gasteiger partial charge in [0.2, 0.25) is 5.67 Å². The first-order valence-electron chi connectivity index (χ1n) is 7.61. The van der Waals surface area contributed by atoms with E-state index in [1.807, 2.05) is 0 Å². The Morgan fingerprint density at radius 2 is 1.68 bits per heavy atom. The molecule has 0 spiro atoms. The Hall–Kier alpha value is -3.17. The number of carbonyl (C=O) groups excluding carboxylic acids is 1. The molecule has 126 valence electrons. The minimum absolute atomic E-state index is 0.191. The summed E-state index contributed by atoms with van der Waals surface area (Å²) in [5.74, 6) is -2.74. The van der Waals surface area contributed by atoms with Crippen molar-refractivity contribution < 1.29 is 19.5 Å². The van der Waals surface area contributed by atoms with E-state index in [4.69, 9.17) is 10.5 Å². The number of hydroxylamine groups is 1. The highest BCUT2D eigenvalue weighted by molar-refractivity contribution is 5.92. The molecule has 6 heteroatoms. The molecular weight excluding hydrogens is 323 g/mol. The quantitative estimate of drug-likeness (QED) is 0.345. The molecule has 0 radical (unpaired) electrons. The summed E-state index contributed by atoms with van der Waals surface area (Å²) in [6, 6.07) is 16.8. The summed E-state index contributed by atoms with van der Waals surface area (Å²) in [6.45, 7) is 0. The van der Waals surface area contributed by atoms with E-state index in [2.05, 4.69) is 0 Å². The monoisotopic (exact) mass is 338 g/mol. The van der Waals surface area contributed by atoms with Crippen LogP contribution in [0.3, 0.4) is 0 Å². The van der Waals surface area contributed by atoms with Crippen molar-refractivity contribution in [1.82, 2.24) is 5.48 Å². The number of amides is 1. The molecule has 1 amide bonds. The molecule has 3 rings (SSSR count). The van der Waals surface area contributed by atoms with Crippen molar-refractivity contribution in [1.29, 1.82) is 5.26 Å². The van der Waals surface area contributed by atoms with Crippen LogP contribution in [-0.4, -0.2) is 21.9 Å². The summed E-state index contributed by atoms with van der Waals surface area (Å²) >= 11 is 0. The predicted octanol–water partition coefficient (Wildman–Crippen LogP) is 3.20. The van der Waals surface area contributed by atoms with E-state index in [0.717, 1.165) is 6.08 Å². The second-order valence-electron chi connectivity index (χ2n) is 5.86. The maximum atomic E-state index is 15.3. The van der Waals surface area contributed by atoms with E-state index < -0.39 is 23.4 Å². The first kappa shape index (κ1) is 16.7. The molecule has 0 heterocycles. The van der Waals surface area contributed by atoms with E-state index in [-0.39, 0.29) is 5.76 Å². The second-order valence-corrected chi connectivity index (χ2v) is 5.86. The molecule has 2 aromatic rings. The van der Waals surface area contributed by atoms with Crippen molar-refractivity contribution in [3.63, 3.8) is 0 Å². The summed E-state index contributed by atoms with van der Waals surface area (Å²) in [6.07, 6.45) is 0.998. The Morgan fingerprint density at radius 3 is 2.20 bits per heavy atom. The van der Waals surface area contributed by atoms with Crippen LogP contribution in [0.5, 0.6) is 0 Å². The van der Waals surface area contributed by atoms with Crippen molar-refractivity contribution in [2.45, 2.75) is 17.5 Å². The summed E-state index contributed by atoms with van der Waals surface area (Å²) in [4.78, 5) is 11.9. The van der Waals surface area contributed by atoms with Crippen molar-refractivity contribution in [3.8, 4) is 6.07 Å². The SMILES string of the molecule is N#C/C=C(\O)c1ccc([C@@H]2[C@@H](c3ccccc3)[C@@]2(F)C(=O)NO)cc1. The summed E-state index contributed by atoms with van der Waals surface area (Å²) in [5, 5.41) is 27.2. The van der Waals surface area contributed by atoms with E-state index >= 15 is 4.39 Å². The molecule has 25 heavy (non-hydrogen) atoms. The molecule has 0 aromatic heterocycles. The Morgan fingerprint density at radius 1 is 1.12 bits per heavy atom. The van der Waals surface area contributed by atoms with Gasteiger partial charge in [-0.2, -0.15) is 5.26 Å². The topological polar surface area (TPSA) is 93.3 Å². The first-order chi connectivity index (χ1) is 12.0. The number of aliphatic hydroxyl groups is 1. The van der Waals surface area contributed by atoms with Gasteiger partial charge in [0.05, 0.1) is 12.1 Å². The number of rotatable bonds is 4. The van der Waals surface area contributed by atoms with Gasteiger partial charge in [-0.25, -0.2) is 9.87 Å². The number of hydrogen-bond acceptors (Lipinski definition) is 4. The third-order valence-electron chi connectivity index (χ3n) is 4.50. The van der Waals surface area contributed by atoms with E-state index in [0.29, 0.717) is 16.7 Å². The third kappa shape index (κ3) is 2.75. The van der Waals surface area contributed by atoms with Gasteiger partial charge < -0.3 is 5.11 Å². The third-order valence-corrected chi connectivity index (χ3v) is 4.50. The Balaban J connectivity index is 1.96. The molecule has 2 aromatic carbocycles. The molecule has 3 atom stereocenters. The number of halogens is 1. The molecule has 0 unspecified atom stereocenters. The average Bonchev–Trinajstić information content (AvgIpc) is 3.29. The largest absolute Gasteiger partial charge is 0.507 e. The zero-order chi connectivity index (χ0) is 18.0. The number of nitriles is 1. The van der Waals surface area contributed by atoms with Crippen molar-refractivity contribution in [2.75, 3.05) is 0 Å². The lowest BCUT2D eigenvalue weighted by Crippen LogP contribution is -2.33. The molecule has 1 fully saturated rings. The fourth-order valence-corrected chi connectivity index (χ4v) is 3.26. The molecule has 1 saturated carbocycles. The number of carbonyl (C=O) groups is 1. The van der Waals surface area contributed by atoms with Crippen LogP contribution < -0.4 is 5.48 Å². The number of nitrogens with zero attached hydrogens (tertiary/aromatic N) is 1. The maximum absolute atomic E-state index is 15.3. The first-order valence-corrected chi connectivity index (χ1v) is 7.61. The van der Waals surface area contributed by atoms with Crippen molar-refractivity contribution in [2.24, 2.45) is 0 Å². The van der Waals surface area contributed by atoms with Gasteiger partial charge in [-0.1, -0.05) is 54.6 Å². The number of allylic oxidation sites excluding steroid dienone is 1. The van der Waals surface area contributed by atoms with Crippen LogP contribution in [0, 0.1) is 11.3 Å². The molecule has 0 saturated heterocycles. The van der Waals surface area contributed by atoms with Crippen LogP contribution in [0.2, 0.25) is 0 Å². The predicted molar refractivity (Wildman–Crippen MR) is 88.4 cm³/mol. The second kappa shape index (κ2) is 6.38. The lowest BCUT2D eigenvalue weighted by Gasteiger charge is -2.06. The standard InChI is InChI=1S/C19H15FN2O3/c20-19(18(24)22-25)16(13-4-2-1-3-5-13)17(19)14-8-6-12(7-9-14)15(23)10-11-21/h1-10,16-17,23,25H,(H,22,24)/b15-10-/t16-,17-,19+/m1/s1. The highest BCUT2D eigenvalue weighted by atomic mass is 19.1. The average molecular weight is 338 g/mol. The van der Waals surface area contributed by atoms with Gasteiger partial charge in [-0.15, -0.1) is 0 Å². The molecule has 0 bridgehead atoms. The van der Waals surface area contributed by atoms with Gasteiger partial charge in [0.25, 0.3) is 5.91 Å². The highest BCUT2D eigenvalue weighted by Crippen LogP contribution is 2.66. The lowest BCUT2D eigenvalue weighted by molar-refractivity contribution is -0.136. The van der Waals surface area contributed by atoms with Crippen LogP contribution in [0.25, 0.3) is 5.76 Å². The fourth-order valence-electron chi connectivity index (χ4n) is 3.26. The summed E-state index contributed by atoms with van der Waals surface area (Å²) < 4.78 is 15.3. The molecule has 5 nitrogen and oxygen atoms in total. The molecule has 3 N–H and O–H groups in total. The van der Waals surface area contributed by atoms with E-state index in [1.54, 1.807) is 60.7 Å². The van der Waals surface area contributed by atoms with Gasteiger partial charge in [0.1, 0.15) is 5.76 Å². The smallest absolute Gasteiger partial charge is 0.282 e. The molecule has 0 aliphatic heterocycles. The number of nitrogens with one attached hydrogen (secondary N) is 1. The van der Waals surface area contributed by atoms with Gasteiger partial charge >= 0.3 is 0 Å². The Kier molecular flexibility index (Phi) is 4.26. The van der Waals surface area contributed by atoms with Crippen LogP contribution >= 0.6 is 0 Å². The maximum Gasteiger partial charge on any atom is 0.282 e. The highest BCUT2D eigenvalue weighted by Gasteiger charge is 2.72.